The number of aromatic hydroxyl groups is 1. The molecule has 1 atom stereocenters. The largest absolute Gasteiger partial charge is 0.506 e. The summed E-state index contributed by atoms with van der Waals surface area (Å²) in [6.45, 7) is 2.21. The minimum absolute atomic E-state index is 0.0715. The molecule has 106 valence electrons. The van der Waals surface area contributed by atoms with E-state index < -0.39 is 5.60 Å². The van der Waals surface area contributed by atoms with Crippen LogP contribution in [0.2, 0.25) is 5.02 Å². The predicted octanol–water partition coefficient (Wildman–Crippen LogP) is 1.09. The predicted molar refractivity (Wildman–Crippen MR) is 74.6 cm³/mol. The lowest BCUT2D eigenvalue weighted by molar-refractivity contribution is 0.0326. The van der Waals surface area contributed by atoms with Gasteiger partial charge in [0.05, 0.1) is 10.6 Å². The maximum absolute atomic E-state index is 11.9. The third-order valence-corrected chi connectivity index (χ3v) is 2.80. The van der Waals surface area contributed by atoms with E-state index in [-0.39, 0.29) is 23.2 Å². The van der Waals surface area contributed by atoms with Crippen LogP contribution in [0.15, 0.2) is 18.2 Å². The fraction of sp³-hybridized carbons (Fsp3) is 0.462. The summed E-state index contributed by atoms with van der Waals surface area (Å²) in [6, 6.07) is 4.21. The van der Waals surface area contributed by atoms with Crippen LogP contribution in [0, 0.1) is 0 Å². The summed E-state index contributed by atoms with van der Waals surface area (Å²) >= 11 is 5.73. The molecule has 0 saturated heterocycles. The number of phenols is 1. The molecule has 0 fully saturated rings. The number of hydrogen-bond acceptors (Lipinski definition) is 4. The molecule has 0 aliphatic rings. The summed E-state index contributed by atoms with van der Waals surface area (Å²) in [5.41, 5.74) is -0.677. The molecule has 1 unspecified atom stereocenters. The van der Waals surface area contributed by atoms with Gasteiger partial charge in [0.15, 0.2) is 0 Å². The molecule has 0 heterocycles. The minimum atomic E-state index is -1.01. The van der Waals surface area contributed by atoms with Gasteiger partial charge in [-0.1, -0.05) is 11.6 Å². The molecule has 1 aromatic carbocycles. The Balaban J connectivity index is 2.62. The Hall–Kier alpha value is -1.30. The molecule has 1 amide bonds. The summed E-state index contributed by atoms with van der Waals surface area (Å²) in [6.07, 6.45) is 0. The number of halogens is 1. The highest BCUT2D eigenvalue weighted by atomic mass is 35.5. The van der Waals surface area contributed by atoms with E-state index in [1.165, 1.54) is 18.2 Å². The smallest absolute Gasteiger partial charge is 0.251 e. The van der Waals surface area contributed by atoms with Crippen molar-refractivity contribution in [1.82, 2.24) is 10.2 Å². The zero-order valence-corrected chi connectivity index (χ0v) is 12.0. The van der Waals surface area contributed by atoms with E-state index in [4.69, 9.17) is 11.6 Å². The van der Waals surface area contributed by atoms with Crippen molar-refractivity contribution in [3.8, 4) is 5.75 Å². The zero-order valence-electron chi connectivity index (χ0n) is 11.3. The topological polar surface area (TPSA) is 72.8 Å². The van der Waals surface area contributed by atoms with Crippen molar-refractivity contribution in [2.45, 2.75) is 12.5 Å². The molecule has 1 aromatic rings. The Morgan fingerprint density at radius 1 is 1.47 bits per heavy atom. The van der Waals surface area contributed by atoms with Crippen molar-refractivity contribution >= 4 is 17.5 Å². The first-order valence-electron chi connectivity index (χ1n) is 5.85. The van der Waals surface area contributed by atoms with Crippen LogP contribution in [-0.2, 0) is 0 Å². The molecule has 3 N–H and O–H groups in total. The van der Waals surface area contributed by atoms with Crippen molar-refractivity contribution < 1.29 is 15.0 Å². The van der Waals surface area contributed by atoms with Crippen LogP contribution in [0.5, 0.6) is 5.75 Å². The van der Waals surface area contributed by atoms with E-state index in [0.29, 0.717) is 12.1 Å². The Morgan fingerprint density at radius 3 is 2.63 bits per heavy atom. The average molecular weight is 287 g/mol. The summed E-state index contributed by atoms with van der Waals surface area (Å²) in [5.74, 6) is -0.418. The Morgan fingerprint density at radius 2 is 2.11 bits per heavy atom. The number of carbonyl (C=O) groups excluding carboxylic acids is 1. The first-order chi connectivity index (χ1) is 8.71. The average Bonchev–Trinajstić information content (AvgIpc) is 2.28. The summed E-state index contributed by atoms with van der Waals surface area (Å²) in [5, 5.41) is 22.1. The van der Waals surface area contributed by atoms with Gasteiger partial charge in [0.1, 0.15) is 5.75 Å². The number of carbonyl (C=O) groups is 1. The Kier molecular flexibility index (Phi) is 5.17. The fourth-order valence-corrected chi connectivity index (χ4v) is 1.94. The molecular weight excluding hydrogens is 268 g/mol. The van der Waals surface area contributed by atoms with Gasteiger partial charge < -0.3 is 20.4 Å². The molecule has 1 rings (SSSR count). The first kappa shape index (κ1) is 15.8. The van der Waals surface area contributed by atoms with Gasteiger partial charge in [-0.3, -0.25) is 4.79 Å². The molecule has 0 bridgehead atoms. The Bertz CT molecular complexity index is 461. The highest BCUT2D eigenvalue weighted by molar-refractivity contribution is 6.32. The van der Waals surface area contributed by atoms with Gasteiger partial charge in [-0.2, -0.15) is 0 Å². The highest BCUT2D eigenvalue weighted by Gasteiger charge is 2.22. The lowest BCUT2D eigenvalue weighted by Crippen LogP contribution is -2.47. The van der Waals surface area contributed by atoms with Gasteiger partial charge in [-0.15, -0.1) is 0 Å². The van der Waals surface area contributed by atoms with Crippen LogP contribution in [0.4, 0.5) is 0 Å². The van der Waals surface area contributed by atoms with Crippen LogP contribution < -0.4 is 5.32 Å². The van der Waals surface area contributed by atoms with Crippen LogP contribution in [-0.4, -0.2) is 53.8 Å². The number of aliphatic hydroxyl groups is 1. The number of hydrogen-bond donors (Lipinski definition) is 3. The molecule has 5 nitrogen and oxygen atoms in total. The lowest BCUT2D eigenvalue weighted by atomic mass is 10.1. The molecular formula is C13H19ClN2O3. The van der Waals surface area contributed by atoms with E-state index in [1.807, 2.05) is 19.0 Å². The summed E-state index contributed by atoms with van der Waals surface area (Å²) < 4.78 is 0. The van der Waals surface area contributed by atoms with Gasteiger partial charge in [0, 0.05) is 18.7 Å². The van der Waals surface area contributed by atoms with Crippen molar-refractivity contribution in [2.75, 3.05) is 27.2 Å². The highest BCUT2D eigenvalue weighted by Crippen LogP contribution is 2.23. The summed E-state index contributed by atoms with van der Waals surface area (Å²) in [7, 11) is 3.69. The van der Waals surface area contributed by atoms with Gasteiger partial charge in [0.2, 0.25) is 0 Å². The second-order valence-corrected chi connectivity index (χ2v) is 5.49. The standard InChI is InChI=1S/C13H19ClN2O3/c1-13(19,8-16(2)3)7-15-12(18)9-4-5-11(17)10(14)6-9/h4-6,17,19H,7-8H2,1-3H3,(H,15,18). The minimum Gasteiger partial charge on any atom is -0.506 e. The van der Waals surface area contributed by atoms with E-state index in [9.17, 15) is 15.0 Å². The maximum Gasteiger partial charge on any atom is 0.251 e. The number of likely N-dealkylation sites (N-methyl/N-ethyl adjacent to an activating group) is 1. The first-order valence-corrected chi connectivity index (χ1v) is 6.23. The fourth-order valence-electron chi connectivity index (χ4n) is 1.76. The second kappa shape index (κ2) is 6.23. The van der Waals surface area contributed by atoms with Crippen LogP contribution >= 0.6 is 11.6 Å². The third kappa shape index (κ3) is 5.06. The van der Waals surface area contributed by atoms with Crippen molar-refractivity contribution in [1.29, 1.82) is 0 Å². The number of nitrogens with zero attached hydrogens (tertiary/aromatic N) is 1. The quantitative estimate of drug-likeness (QED) is 0.758. The molecule has 6 heteroatoms. The van der Waals surface area contributed by atoms with Crippen molar-refractivity contribution in [2.24, 2.45) is 0 Å². The van der Waals surface area contributed by atoms with E-state index >= 15 is 0 Å². The maximum atomic E-state index is 11.9. The molecule has 0 spiro atoms. The molecule has 0 aromatic heterocycles. The lowest BCUT2D eigenvalue weighted by Gasteiger charge is -2.27. The van der Waals surface area contributed by atoms with Crippen LogP contribution in [0.3, 0.4) is 0 Å². The van der Waals surface area contributed by atoms with Crippen molar-refractivity contribution in [3.63, 3.8) is 0 Å². The van der Waals surface area contributed by atoms with E-state index in [1.54, 1.807) is 6.92 Å². The van der Waals surface area contributed by atoms with E-state index in [0.717, 1.165) is 0 Å². The van der Waals surface area contributed by atoms with Crippen molar-refractivity contribution in [3.05, 3.63) is 28.8 Å². The molecule has 19 heavy (non-hydrogen) atoms. The molecule has 0 aliphatic heterocycles. The van der Waals surface area contributed by atoms with Gasteiger partial charge in [0.25, 0.3) is 5.91 Å². The van der Waals surface area contributed by atoms with Crippen LogP contribution in [0.1, 0.15) is 17.3 Å². The number of phenolic OH excluding ortho intramolecular Hbond substituents is 1. The number of benzene rings is 1. The molecule has 0 aliphatic carbocycles. The van der Waals surface area contributed by atoms with Gasteiger partial charge in [-0.05, 0) is 39.2 Å². The molecule has 0 radical (unpaired) electrons. The van der Waals surface area contributed by atoms with Gasteiger partial charge >= 0.3 is 0 Å². The third-order valence-electron chi connectivity index (χ3n) is 2.50. The number of rotatable bonds is 5. The number of amides is 1. The monoisotopic (exact) mass is 286 g/mol. The second-order valence-electron chi connectivity index (χ2n) is 5.08. The SMILES string of the molecule is CN(C)CC(C)(O)CNC(=O)c1ccc(O)c(Cl)c1. The van der Waals surface area contributed by atoms with E-state index in [2.05, 4.69) is 5.32 Å². The number of nitrogens with one attached hydrogen (secondary N) is 1. The Labute approximate surface area is 117 Å². The summed E-state index contributed by atoms with van der Waals surface area (Å²) in [4.78, 5) is 13.7. The zero-order chi connectivity index (χ0) is 14.6. The van der Waals surface area contributed by atoms with Gasteiger partial charge in [-0.25, -0.2) is 0 Å². The molecule has 0 saturated carbocycles. The normalized spacial score (nSPS) is 14.2. The van der Waals surface area contributed by atoms with Crippen LogP contribution in [0.25, 0.3) is 0 Å².